The quantitative estimate of drug-likeness (QED) is 0.218. The first-order valence-corrected chi connectivity index (χ1v) is 19.0. The zero-order chi connectivity index (χ0) is 38.7. The van der Waals surface area contributed by atoms with Crippen molar-refractivity contribution in [1.82, 2.24) is 34.7 Å². The van der Waals surface area contributed by atoms with Crippen molar-refractivity contribution in [3.63, 3.8) is 0 Å². The molecule has 5 aromatic rings. The fourth-order valence-corrected chi connectivity index (χ4v) is 8.65. The lowest BCUT2D eigenvalue weighted by Gasteiger charge is -2.37. The molecule has 7 heterocycles. The summed E-state index contributed by atoms with van der Waals surface area (Å²) in [5, 5.41) is 6.77. The van der Waals surface area contributed by atoms with Gasteiger partial charge in [-0.1, -0.05) is 18.2 Å². The van der Waals surface area contributed by atoms with Gasteiger partial charge in [-0.2, -0.15) is 5.10 Å². The molecular formula is C41H39F2N9O4. The third-order valence-electron chi connectivity index (χ3n) is 11.6. The van der Waals surface area contributed by atoms with E-state index in [0.29, 0.717) is 30.1 Å². The summed E-state index contributed by atoms with van der Waals surface area (Å²) in [6.45, 7) is 2.85. The number of piperidine rings is 2. The van der Waals surface area contributed by atoms with Gasteiger partial charge in [0.1, 0.15) is 29.3 Å². The molecule has 2 aromatic carbocycles. The van der Waals surface area contributed by atoms with Gasteiger partial charge in [-0.05, 0) is 81.1 Å². The van der Waals surface area contributed by atoms with Crippen LogP contribution in [0, 0.1) is 11.6 Å². The van der Waals surface area contributed by atoms with Crippen LogP contribution >= 0.6 is 0 Å². The standard InChI is InChI=1S/C41H39F2N9O4/c1-48(23-24-7-9-27-29(20-24)41(56)52(40(27)55)34-11-12-37(53)47-39(34)54)26-13-17-49(18-14-26)35-6-2-4-32(45-35)30-22-44-51-19-15-36(46-38(30)51)50-16-3-5-33(50)28-10-8-25(42)21-31(28)43/h2,4,6-10,15,19-22,26,33-34H,3,5,11-14,16-18,23H2,1H3,(H,47,53,54)/t33-,34?/m1/s1. The summed E-state index contributed by atoms with van der Waals surface area (Å²) in [7, 11) is 2.06. The Morgan fingerprint density at radius 1 is 0.821 bits per heavy atom. The largest absolute Gasteiger partial charge is 0.356 e. The highest BCUT2D eigenvalue weighted by molar-refractivity contribution is 6.23. The third kappa shape index (κ3) is 6.34. The smallest absolute Gasteiger partial charge is 0.262 e. The fourth-order valence-electron chi connectivity index (χ4n) is 8.65. The van der Waals surface area contributed by atoms with E-state index in [2.05, 4.69) is 32.2 Å². The Balaban J connectivity index is 0.859. The highest BCUT2D eigenvalue weighted by Gasteiger charge is 2.44. The molecule has 0 bridgehead atoms. The van der Waals surface area contributed by atoms with Gasteiger partial charge in [0.25, 0.3) is 11.8 Å². The normalized spacial score (nSPS) is 20.5. The van der Waals surface area contributed by atoms with Gasteiger partial charge < -0.3 is 9.80 Å². The Morgan fingerprint density at radius 3 is 2.45 bits per heavy atom. The first kappa shape index (κ1) is 35.6. The lowest BCUT2D eigenvalue weighted by molar-refractivity contribution is -0.136. The number of nitrogens with zero attached hydrogens (tertiary/aromatic N) is 8. The van der Waals surface area contributed by atoms with E-state index in [9.17, 15) is 28.0 Å². The third-order valence-corrected chi connectivity index (χ3v) is 11.6. The molecule has 0 aliphatic carbocycles. The lowest BCUT2D eigenvalue weighted by atomic mass is 10.0. The molecule has 13 nitrogen and oxygen atoms in total. The number of amides is 4. The fraction of sp³-hybridized carbons (Fsp3) is 0.341. The maximum Gasteiger partial charge on any atom is 0.262 e. The number of rotatable bonds is 8. The molecule has 56 heavy (non-hydrogen) atoms. The van der Waals surface area contributed by atoms with Gasteiger partial charge in [-0.15, -0.1) is 0 Å². The van der Waals surface area contributed by atoms with Gasteiger partial charge in [0.15, 0.2) is 5.65 Å². The van der Waals surface area contributed by atoms with E-state index in [-0.39, 0.29) is 36.1 Å². The van der Waals surface area contributed by atoms with Crippen LogP contribution in [0.4, 0.5) is 20.4 Å². The topological polar surface area (TPSA) is 136 Å². The maximum atomic E-state index is 14.8. The SMILES string of the molecule is CN(Cc1ccc2c(c1)C(=O)N(C1CCC(=O)NC1=O)C2=O)C1CCN(c2cccc(-c3cnn4ccc(N5CCC[C@@H]5c5ccc(F)cc5F)nc34)n2)CC1. The minimum atomic E-state index is -0.994. The van der Waals surface area contributed by atoms with E-state index in [4.69, 9.17) is 9.97 Å². The summed E-state index contributed by atoms with van der Waals surface area (Å²) in [6.07, 6.45) is 7.18. The Hall–Kier alpha value is -6.09. The number of nitrogens with one attached hydrogen (secondary N) is 1. The molecule has 4 aliphatic heterocycles. The van der Waals surface area contributed by atoms with Crippen LogP contribution in [0.25, 0.3) is 16.9 Å². The van der Waals surface area contributed by atoms with Crippen LogP contribution in [-0.2, 0) is 16.1 Å². The van der Waals surface area contributed by atoms with E-state index >= 15 is 0 Å². The minimum Gasteiger partial charge on any atom is -0.356 e. The van der Waals surface area contributed by atoms with Crippen molar-refractivity contribution < 1.29 is 28.0 Å². The molecule has 15 heteroatoms. The minimum absolute atomic E-state index is 0.0759. The van der Waals surface area contributed by atoms with Gasteiger partial charge >= 0.3 is 0 Å². The summed E-state index contributed by atoms with van der Waals surface area (Å²) in [5.74, 6) is -1.65. The van der Waals surface area contributed by atoms with Gasteiger partial charge in [-0.3, -0.25) is 34.3 Å². The molecule has 286 valence electrons. The monoisotopic (exact) mass is 759 g/mol. The van der Waals surface area contributed by atoms with Crippen molar-refractivity contribution in [1.29, 1.82) is 0 Å². The number of aromatic nitrogens is 4. The molecule has 3 saturated heterocycles. The van der Waals surface area contributed by atoms with Crippen LogP contribution < -0.4 is 15.1 Å². The predicted molar refractivity (Wildman–Crippen MR) is 202 cm³/mol. The number of hydrogen-bond acceptors (Lipinski definition) is 10. The molecule has 1 N–H and O–H groups in total. The number of benzene rings is 2. The number of imide groups is 2. The Kier molecular flexibility index (Phi) is 9.03. The second-order valence-electron chi connectivity index (χ2n) is 15.0. The molecule has 0 saturated carbocycles. The number of pyridine rings is 1. The summed E-state index contributed by atoms with van der Waals surface area (Å²) >= 11 is 0. The Bertz CT molecular complexity index is 2410. The van der Waals surface area contributed by atoms with Crippen LogP contribution in [0.2, 0.25) is 0 Å². The van der Waals surface area contributed by atoms with E-state index in [0.717, 1.165) is 72.4 Å². The van der Waals surface area contributed by atoms with Gasteiger partial charge in [0, 0.05) is 56.5 Å². The summed E-state index contributed by atoms with van der Waals surface area (Å²) in [6, 6.07) is 15.9. The number of anilines is 2. The van der Waals surface area contributed by atoms with E-state index in [1.165, 1.54) is 12.1 Å². The molecule has 0 radical (unpaired) electrons. The number of fused-ring (bicyclic) bond motifs is 2. The van der Waals surface area contributed by atoms with E-state index < -0.39 is 41.3 Å². The summed E-state index contributed by atoms with van der Waals surface area (Å²) in [4.78, 5) is 68.2. The predicted octanol–water partition coefficient (Wildman–Crippen LogP) is 4.91. The van der Waals surface area contributed by atoms with Crippen LogP contribution in [0.1, 0.15) is 76.4 Å². The van der Waals surface area contributed by atoms with Crippen molar-refractivity contribution in [2.24, 2.45) is 0 Å². The average molecular weight is 760 g/mol. The van der Waals surface area contributed by atoms with Gasteiger partial charge in [0.05, 0.1) is 34.6 Å². The average Bonchev–Trinajstić information content (AvgIpc) is 3.92. The molecule has 9 rings (SSSR count). The number of carbonyl (C=O) groups excluding carboxylic acids is 4. The second kappa shape index (κ2) is 14.2. The first-order chi connectivity index (χ1) is 27.1. The molecule has 1 unspecified atom stereocenters. The highest BCUT2D eigenvalue weighted by Crippen LogP contribution is 2.37. The molecule has 3 aromatic heterocycles. The number of hydrogen-bond donors (Lipinski definition) is 1. The molecule has 3 fully saturated rings. The summed E-state index contributed by atoms with van der Waals surface area (Å²) in [5.41, 5.74) is 4.06. The molecular weight excluding hydrogens is 721 g/mol. The van der Waals surface area contributed by atoms with Crippen LogP contribution in [0.3, 0.4) is 0 Å². The molecule has 0 spiro atoms. The Labute approximate surface area is 320 Å². The van der Waals surface area contributed by atoms with Crippen LogP contribution in [0.5, 0.6) is 0 Å². The van der Waals surface area contributed by atoms with Crippen molar-refractivity contribution in [3.8, 4) is 11.3 Å². The van der Waals surface area contributed by atoms with Crippen molar-refractivity contribution in [2.45, 2.75) is 63.2 Å². The summed E-state index contributed by atoms with van der Waals surface area (Å²) < 4.78 is 30.2. The van der Waals surface area contributed by atoms with E-state index in [1.54, 1.807) is 22.8 Å². The molecule has 2 atom stereocenters. The maximum absolute atomic E-state index is 14.8. The zero-order valence-corrected chi connectivity index (χ0v) is 30.7. The van der Waals surface area contributed by atoms with Crippen LogP contribution in [-0.4, -0.2) is 91.8 Å². The highest BCUT2D eigenvalue weighted by atomic mass is 19.1. The Morgan fingerprint density at radius 2 is 1.64 bits per heavy atom. The van der Waals surface area contributed by atoms with E-state index in [1.807, 2.05) is 36.5 Å². The van der Waals surface area contributed by atoms with Gasteiger partial charge in [0.2, 0.25) is 11.8 Å². The zero-order valence-electron chi connectivity index (χ0n) is 30.7. The second-order valence-corrected chi connectivity index (χ2v) is 15.0. The van der Waals surface area contributed by atoms with Gasteiger partial charge in [-0.25, -0.2) is 23.3 Å². The number of carbonyl (C=O) groups is 4. The van der Waals surface area contributed by atoms with Crippen molar-refractivity contribution >= 4 is 40.9 Å². The lowest BCUT2D eigenvalue weighted by Crippen LogP contribution is -2.54. The number of halogens is 2. The van der Waals surface area contributed by atoms with Crippen molar-refractivity contribution in [3.05, 3.63) is 107 Å². The molecule has 4 aliphatic rings. The van der Waals surface area contributed by atoms with Crippen LogP contribution in [0.15, 0.2) is 73.1 Å². The molecule has 4 amide bonds. The first-order valence-electron chi connectivity index (χ1n) is 19.0. The van der Waals surface area contributed by atoms with Crippen molar-refractivity contribution in [2.75, 3.05) is 36.5 Å².